The van der Waals surface area contributed by atoms with Crippen molar-refractivity contribution in [2.45, 2.75) is 47.1 Å². The van der Waals surface area contributed by atoms with Gasteiger partial charge in [-0.3, -0.25) is 13.9 Å². The maximum Gasteiger partial charge on any atom is 0.228 e. The molecule has 0 fully saturated rings. The van der Waals surface area contributed by atoms with E-state index < -0.39 is 0 Å². The molecule has 2 aromatic rings. The first kappa shape index (κ1) is 14.7. The lowest BCUT2D eigenvalue weighted by Gasteiger charge is -2.33. The van der Waals surface area contributed by atoms with Crippen LogP contribution in [0.2, 0.25) is 0 Å². The molecule has 0 aliphatic heterocycles. The zero-order chi connectivity index (χ0) is 14.9. The van der Waals surface area contributed by atoms with E-state index in [2.05, 4.69) is 6.92 Å². The molecule has 110 valence electrons. The van der Waals surface area contributed by atoms with Gasteiger partial charge in [-0.25, -0.2) is 0 Å². The summed E-state index contributed by atoms with van der Waals surface area (Å²) < 4.78 is 9.73. The van der Waals surface area contributed by atoms with E-state index in [0.29, 0.717) is 0 Å². The van der Waals surface area contributed by atoms with E-state index in [-0.39, 0.29) is 17.4 Å². The van der Waals surface area contributed by atoms with Crippen LogP contribution in [0.4, 0.5) is 0 Å². The molecule has 4 heteroatoms. The summed E-state index contributed by atoms with van der Waals surface area (Å²) in [4.78, 5) is 14.4. The van der Waals surface area contributed by atoms with Gasteiger partial charge >= 0.3 is 0 Å². The van der Waals surface area contributed by atoms with E-state index in [9.17, 15) is 4.79 Å². The Hall–Kier alpha value is -1.71. The number of hydrogen-bond donors (Lipinski definition) is 0. The molecule has 20 heavy (non-hydrogen) atoms. The standard InChI is InChI=1S/C16H23NO3/c1-6-17(15(18)16(3,4)5)11(2)9-12-7-8-13-14(10-12)20-19-13/h7-8,10-11H,6,9H2,1-5H3. The second kappa shape index (κ2) is 5.35. The van der Waals surface area contributed by atoms with Crippen LogP contribution < -0.4 is 0 Å². The molecule has 1 unspecified atom stereocenters. The molecule has 1 aromatic carbocycles. The van der Waals surface area contributed by atoms with Crippen LogP contribution in [-0.2, 0) is 11.2 Å². The van der Waals surface area contributed by atoms with E-state index in [1.807, 2.05) is 50.8 Å². The first-order valence-corrected chi connectivity index (χ1v) is 7.11. The number of benzene rings is 1. The van der Waals surface area contributed by atoms with Gasteiger partial charge in [0.15, 0.2) is 0 Å². The van der Waals surface area contributed by atoms with Gasteiger partial charge in [-0.15, -0.1) is 0 Å². The number of nitrogens with zero attached hydrogens (tertiary/aromatic N) is 1. The average molecular weight is 277 g/mol. The Morgan fingerprint density at radius 2 is 1.90 bits per heavy atom. The summed E-state index contributed by atoms with van der Waals surface area (Å²) >= 11 is 0. The largest absolute Gasteiger partial charge is 0.339 e. The Kier molecular flexibility index (Phi) is 3.93. The molecule has 2 rings (SSSR count). The summed E-state index contributed by atoms with van der Waals surface area (Å²) in [5.74, 6) is 0.191. The maximum absolute atomic E-state index is 12.4. The fourth-order valence-electron chi connectivity index (χ4n) is 2.41. The van der Waals surface area contributed by atoms with Crippen molar-refractivity contribution in [2.75, 3.05) is 6.54 Å². The van der Waals surface area contributed by atoms with Crippen molar-refractivity contribution >= 4 is 17.1 Å². The number of carbonyl (C=O) groups is 1. The molecule has 0 radical (unpaired) electrons. The van der Waals surface area contributed by atoms with Gasteiger partial charge in [0, 0.05) is 18.0 Å². The molecule has 0 spiro atoms. The second-order valence-corrected chi connectivity index (χ2v) is 6.34. The summed E-state index contributed by atoms with van der Waals surface area (Å²) in [5, 5.41) is 0. The van der Waals surface area contributed by atoms with Gasteiger partial charge in [0.1, 0.15) is 0 Å². The highest BCUT2D eigenvalue weighted by Gasteiger charge is 2.29. The lowest BCUT2D eigenvalue weighted by molar-refractivity contribution is -0.141. The van der Waals surface area contributed by atoms with Crippen LogP contribution in [0.25, 0.3) is 11.2 Å². The third-order valence-electron chi connectivity index (χ3n) is 3.54. The van der Waals surface area contributed by atoms with E-state index in [4.69, 9.17) is 9.15 Å². The predicted octanol–water partition coefficient (Wildman–Crippen LogP) is 3.85. The molecule has 0 N–H and O–H groups in total. The molecule has 0 aliphatic carbocycles. The first-order chi connectivity index (χ1) is 9.32. The Morgan fingerprint density at radius 1 is 1.25 bits per heavy atom. The van der Waals surface area contributed by atoms with E-state index in [1.54, 1.807) is 0 Å². The highest BCUT2D eigenvalue weighted by molar-refractivity contribution is 5.81. The molecule has 0 bridgehead atoms. The topological polar surface area (TPSA) is 46.6 Å². The zero-order valence-electron chi connectivity index (χ0n) is 12.9. The van der Waals surface area contributed by atoms with Gasteiger partial charge in [-0.2, -0.15) is 0 Å². The molecule has 0 saturated heterocycles. The zero-order valence-corrected chi connectivity index (χ0v) is 12.9. The molecule has 1 amide bonds. The predicted molar refractivity (Wildman–Crippen MR) is 78.5 cm³/mol. The van der Waals surface area contributed by atoms with Crippen molar-refractivity contribution in [3.8, 4) is 0 Å². The minimum Gasteiger partial charge on any atom is -0.339 e. The maximum atomic E-state index is 12.4. The van der Waals surface area contributed by atoms with E-state index in [1.165, 1.54) is 0 Å². The molecular formula is C16H23NO3. The molecule has 1 atom stereocenters. The molecule has 1 aromatic heterocycles. The van der Waals surface area contributed by atoms with Crippen LogP contribution >= 0.6 is 0 Å². The number of carbonyl (C=O) groups excluding carboxylic acids is 1. The van der Waals surface area contributed by atoms with Crippen LogP contribution in [0.3, 0.4) is 0 Å². The number of likely N-dealkylation sites (N-methyl/N-ethyl adjacent to an activating group) is 1. The molecule has 1 heterocycles. The number of hydrogen-bond acceptors (Lipinski definition) is 3. The third-order valence-corrected chi connectivity index (χ3v) is 3.54. The van der Waals surface area contributed by atoms with Crippen LogP contribution in [0, 0.1) is 5.41 Å². The minimum absolute atomic E-state index is 0.158. The first-order valence-electron chi connectivity index (χ1n) is 7.11. The van der Waals surface area contributed by atoms with Crippen molar-refractivity contribution in [2.24, 2.45) is 5.41 Å². The fourth-order valence-corrected chi connectivity index (χ4v) is 2.41. The van der Waals surface area contributed by atoms with Crippen molar-refractivity contribution in [1.82, 2.24) is 4.90 Å². The minimum atomic E-state index is -0.346. The van der Waals surface area contributed by atoms with Gasteiger partial charge in [-0.05, 0) is 38.0 Å². The van der Waals surface area contributed by atoms with Crippen molar-refractivity contribution in [3.05, 3.63) is 23.8 Å². The monoisotopic (exact) mass is 277 g/mol. The SMILES string of the molecule is CCN(C(=O)C(C)(C)C)C(C)Cc1ccc2ooc2c1. The highest BCUT2D eigenvalue weighted by atomic mass is 17.0. The number of rotatable bonds is 4. The average Bonchev–Trinajstić information content (AvgIpc) is 2.32. The molecule has 4 nitrogen and oxygen atoms in total. The normalized spacial score (nSPS) is 13.7. The molecule has 0 saturated carbocycles. The van der Waals surface area contributed by atoms with Crippen molar-refractivity contribution < 1.29 is 13.9 Å². The number of amides is 1. The summed E-state index contributed by atoms with van der Waals surface area (Å²) in [6.07, 6.45) is 0.812. The van der Waals surface area contributed by atoms with Gasteiger partial charge in [0.05, 0.1) is 0 Å². The summed E-state index contributed by atoms with van der Waals surface area (Å²) in [7, 11) is 0. The van der Waals surface area contributed by atoms with Crippen LogP contribution in [0.5, 0.6) is 0 Å². The Bertz CT molecular complexity index is 588. The molecule has 0 aliphatic rings. The van der Waals surface area contributed by atoms with Crippen LogP contribution in [0.15, 0.2) is 27.4 Å². The third kappa shape index (κ3) is 2.89. The van der Waals surface area contributed by atoms with Crippen molar-refractivity contribution in [1.29, 1.82) is 0 Å². The van der Waals surface area contributed by atoms with Gasteiger partial charge < -0.3 is 4.90 Å². The Morgan fingerprint density at radius 3 is 2.35 bits per heavy atom. The summed E-state index contributed by atoms with van der Waals surface area (Å²) in [6.45, 7) is 10.7. The molecular weight excluding hydrogens is 254 g/mol. The van der Waals surface area contributed by atoms with Crippen molar-refractivity contribution in [3.63, 3.8) is 0 Å². The number of fused-ring (bicyclic) bond motifs is 1. The van der Waals surface area contributed by atoms with E-state index in [0.717, 1.165) is 29.7 Å². The summed E-state index contributed by atoms with van der Waals surface area (Å²) in [5.41, 5.74) is 2.36. The van der Waals surface area contributed by atoms with Gasteiger partial charge in [0.25, 0.3) is 0 Å². The summed E-state index contributed by atoms with van der Waals surface area (Å²) in [6, 6.07) is 6.06. The highest BCUT2D eigenvalue weighted by Crippen LogP contribution is 2.23. The Labute approximate surface area is 119 Å². The lowest BCUT2D eigenvalue weighted by atomic mass is 9.93. The van der Waals surface area contributed by atoms with E-state index >= 15 is 0 Å². The second-order valence-electron chi connectivity index (χ2n) is 6.34. The fraction of sp³-hybridized carbons (Fsp3) is 0.562. The van der Waals surface area contributed by atoms with Crippen LogP contribution in [-0.4, -0.2) is 23.4 Å². The quantitative estimate of drug-likeness (QED) is 0.797. The smallest absolute Gasteiger partial charge is 0.228 e. The van der Waals surface area contributed by atoms with Gasteiger partial charge in [-0.1, -0.05) is 26.8 Å². The van der Waals surface area contributed by atoms with Gasteiger partial charge in [0.2, 0.25) is 17.1 Å². The lowest BCUT2D eigenvalue weighted by Crippen LogP contribution is -2.45. The Balaban J connectivity index is 2.10. The van der Waals surface area contributed by atoms with Crippen LogP contribution in [0.1, 0.15) is 40.2 Å².